The molecule has 2 aromatic heterocycles. The van der Waals surface area contributed by atoms with Crippen molar-refractivity contribution in [1.29, 1.82) is 5.26 Å². The Morgan fingerprint density at radius 2 is 0.963 bits per heavy atom. The minimum Gasteiger partial charge on any atom is -0.455 e. The van der Waals surface area contributed by atoms with E-state index in [1.807, 2.05) is 137 Å². The standard InChI is InChI=1S/C37H51N5O3S.C37H52N4O3S.C34H48ClN5O3/c1-27-35(30-15-9-13-29(24-30)25-38)45-37(39-27)41-20-21-42(33(26-41)34(43)18-17-32-16-10-22-46-32)36(44)31(14-7-8-19-40(2)3)23-28-11-5-4-6-12-28;1-37(2)34(28-15-8-4-9-16-28)44-36(39-37)40-22-23-41(32(26-40)33(42)21-20-30-19-12-24-45-30)35(43)31(25-27-13-6-3-7-14-27)38-29-17-10-5-11-18-29;1-34(2)31(26-14-8-7-9-15-26)43-33(36-34)39-21-22-40(32(42)28(38(5)6)17-10-11-20-37(3)4)29(24-39)30(41)19-18-25-13-12-16-27(35)23-25/h9-10,13,15-16,22,24,27-28,31,33,35H,4-8,11-12,14,17-21,23,26H2,1-3H3;4,8-9,12,15-16,19,24,27,29,31-32,34,38H,3,5-7,10-11,13-14,17-18,20-23,25-26H2,1-2H3;7-9,12-16,23,28-29,31H,10-11,17-22,24H2,1-6H3/t27-,31-,33-,35+;31-,32+,34?;28-,29+,31?/m011/s1. The number of hydrogen-bond donors (Lipinski definition) is 1. The van der Waals surface area contributed by atoms with Gasteiger partial charge < -0.3 is 58.7 Å². The molecule has 6 fully saturated rings. The van der Waals surface area contributed by atoms with Gasteiger partial charge in [-0.2, -0.15) is 5.26 Å². The number of halogens is 1. The van der Waals surface area contributed by atoms with Crippen LogP contribution in [0.25, 0.3) is 0 Å². The molecule has 4 aromatic carbocycles. The lowest BCUT2D eigenvalue weighted by atomic mass is 9.80. The van der Waals surface area contributed by atoms with Gasteiger partial charge in [0.25, 0.3) is 18.1 Å². The Labute approximate surface area is 812 Å². The van der Waals surface area contributed by atoms with Crippen molar-refractivity contribution in [2.75, 3.05) is 114 Å². The molecule has 726 valence electrons. The van der Waals surface area contributed by atoms with E-state index in [-0.39, 0.29) is 77.4 Å². The Bertz CT molecular complexity index is 4850. The summed E-state index contributed by atoms with van der Waals surface area (Å²) in [4.78, 5) is 121. The van der Waals surface area contributed by atoms with Gasteiger partial charge in [0, 0.05) is 105 Å². The Kier molecular flexibility index (Phi) is 38.2. The molecule has 26 heteroatoms. The zero-order valence-electron chi connectivity index (χ0n) is 81.8. The highest BCUT2D eigenvalue weighted by atomic mass is 35.5. The third-order valence-corrected chi connectivity index (χ3v) is 31.0. The van der Waals surface area contributed by atoms with E-state index in [1.165, 1.54) is 93.2 Å². The first-order chi connectivity index (χ1) is 64.6. The lowest BCUT2D eigenvalue weighted by Gasteiger charge is -2.43. The largest absolute Gasteiger partial charge is 0.455 e. The first-order valence-corrected chi connectivity index (χ1v) is 52.4. The van der Waals surface area contributed by atoms with Gasteiger partial charge in [0.05, 0.1) is 29.8 Å². The number of amides is 3. The molecule has 0 radical (unpaired) electrons. The van der Waals surface area contributed by atoms with Crippen LogP contribution in [-0.4, -0.2) is 265 Å². The number of carbonyl (C=O) groups excluding carboxylic acids is 6. The lowest BCUT2D eigenvalue weighted by Crippen LogP contribution is -2.63. The van der Waals surface area contributed by atoms with Crippen molar-refractivity contribution in [1.82, 2.24) is 49.4 Å². The average Bonchev–Trinajstić information content (AvgIpc) is 1.60. The molecule has 134 heavy (non-hydrogen) atoms. The Morgan fingerprint density at radius 3 is 1.45 bits per heavy atom. The number of piperazine rings is 3. The second-order valence-electron chi connectivity index (χ2n) is 40.8. The number of aliphatic imine (C=N–C) groups is 3. The highest BCUT2D eigenvalue weighted by Crippen LogP contribution is 2.43. The number of aryl methyl sites for hydroxylation is 3. The summed E-state index contributed by atoms with van der Waals surface area (Å²) in [5, 5.41) is 18.0. The van der Waals surface area contributed by atoms with Gasteiger partial charge in [-0.3, -0.25) is 33.7 Å². The van der Waals surface area contributed by atoms with Crippen molar-refractivity contribution in [3.05, 3.63) is 187 Å². The van der Waals surface area contributed by atoms with Gasteiger partial charge >= 0.3 is 0 Å². The molecule has 3 amide bonds. The van der Waals surface area contributed by atoms with Gasteiger partial charge in [0.1, 0.15) is 35.3 Å². The Balaban J connectivity index is 0.000000171. The van der Waals surface area contributed by atoms with E-state index in [2.05, 4.69) is 134 Å². The summed E-state index contributed by atoms with van der Waals surface area (Å²) in [6.07, 6.45) is 28.5. The van der Waals surface area contributed by atoms with Gasteiger partial charge in [-0.05, 0) is 242 Å². The van der Waals surface area contributed by atoms with E-state index < -0.39 is 29.2 Å². The number of unbranched alkanes of at least 4 members (excludes halogenated alkanes) is 2. The van der Waals surface area contributed by atoms with Crippen molar-refractivity contribution in [2.45, 2.75) is 293 Å². The molecule has 6 aromatic rings. The van der Waals surface area contributed by atoms with E-state index in [4.69, 9.17) is 40.8 Å². The fourth-order valence-corrected chi connectivity index (χ4v) is 22.9. The minimum atomic E-state index is -0.588. The Hall–Kier alpha value is -8.87. The number of nitrogens with zero attached hydrogens (tertiary/aromatic N) is 13. The fraction of sp³-hybridized carbons (Fsp3) is 0.611. The van der Waals surface area contributed by atoms with Crippen molar-refractivity contribution in [3.63, 3.8) is 0 Å². The van der Waals surface area contributed by atoms with E-state index >= 15 is 0 Å². The molecule has 9 aliphatic rings. The highest BCUT2D eigenvalue weighted by Gasteiger charge is 2.49. The molecular formula is C108H151ClN14O9S2. The van der Waals surface area contributed by atoms with Crippen LogP contribution in [0.5, 0.6) is 0 Å². The molecule has 8 heterocycles. The van der Waals surface area contributed by atoms with Gasteiger partial charge in [-0.25, -0.2) is 15.0 Å². The molecule has 6 aliphatic heterocycles. The van der Waals surface area contributed by atoms with E-state index in [0.717, 1.165) is 99.6 Å². The predicted molar refractivity (Wildman–Crippen MR) is 539 cm³/mol. The highest BCUT2D eigenvalue weighted by molar-refractivity contribution is 7.10. The molecule has 1 N–H and O–H groups in total. The molecule has 3 saturated heterocycles. The number of nitriles is 1. The first kappa shape index (κ1) is 103. The van der Waals surface area contributed by atoms with Crippen LogP contribution in [0.2, 0.25) is 5.02 Å². The van der Waals surface area contributed by atoms with Crippen molar-refractivity contribution >= 4 is 87.4 Å². The molecule has 10 atom stereocenters. The topological polar surface area (TPSA) is 232 Å². The molecule has 0 spiro atoms. The quantitative estimate of drug-likeness (QED) is 0.0364. The van der Waals surface area contributed by atoms with Crippen LogP contribution in [0.1, 0.15) is 257 Å². The number of ether oxygens (including phenoxy) is 3. The average molecular weight is 1890 g/mol. The number of carbonyl (C=O) groups is 6. The number of Topliss-reactive ketones (excluding diaryl/α,β-unsaturated/α-hetero) is 3. The smallest absolute Gasteiger partial charge is 0.288 e. The molecule has 0 bridgehead atoms. The van der Waals surface area contributed by atoms with Gasteiger partial charge in [0.2, 0.25) is 17.7 Å². The summed E-state index contributed by atoms with van der Waals surface area (Å²) in [5.41, 5.74) is 3.79. The SMILES string of the molecule is CC1(C)N=C(N2CCN(C(=O)[C@@H](CC3CCCCC3)NC3CCCCC3)[C@H](C(=O)CCc3cccs3)C2)OC1c1ccccc1.CN(C)CCCC[C@H](C(=O)N1CCN(C2=NC(C)(C)C(c3ccccc3)O2)C[C@H]1C(=O)CCc1cccc(Cl)c1)N(C)C.C[C@@H]1N=C(N2CCN(C(=O)[C@@H](CCCCN(C)C)CC3CCCCC3)[C@H](C(=O)CCc3cccs3)C2)O[C@H]1c1cccc(C#N)c1. The second-order valence-corrected chi connectivity index (χ2v) is 43.3. The molecule has 3 aliphatic carbocycles. The van der Waals surface area contributed by atoms with E-state index in [1.54, 1.807) is 28.7 Å². The maximum atomic E-state index is 14.6. The molecule has 3 saturated carbocycles. The van der Waals surface area contributed by atoms with Crippen molar-refractivity contribution in [2.24, 2.45) is 32.7 Å². The zero-order chi connectivity index (χ0) is 94.8. The summed E-state index contributed by atoms with van der Waals surface area (Å²) in [6, 6.07) is 45.7. The summed E-state index contributed by atoms with van der Waals surface area (Å²) >= 11 is 9.56. The second kappa shape index (κ2) is 49.9. The van der Waals surface area contributed by atoms with Crippen molar-refractivity contribution < 1.29 is 43.0 Å². The fourth-order valence-electron chi connectivity index (χ4n) is 21.3. The van der Waals surface area contributed by atoms with Gasteiger partial charge in [0.15, 0.2) is 29.6 Å². The summed E-state index contributed by atoms with van der Waals surface area (Å²) < 4.78 is 19.4. The van der Waals surface area contributed by atoms with Crippen LogP contribution < -0.4 is 5.32 Å². The number of amidine groups is 3. The monoisotopic (exact) mass is 1890 g/mol. The number of ketones is 3. The van der Waals surface area contributed by atoms with Gasteiger partial charge in [-0.1, -0.05) is 205 Å². The maximum absolute atomic E-state index is 14.6. The number of benzene rings is 4. The zero-order valence-corrected chi connectivity index (χ0v) is 84.2. The number of nitrogens with one attached hydrogen (secondary N) is 1. The number of hydrogen-bond acceptors (Lipinski definition) is 22. The van der Waals surface area contributed by atoms with Gasteiger partial charge in [-0.15, -0.1) is 22.7 Å². The van der Waals surface area contributed by atoms with E-state index in [9.17, 15) is 34.0 Å². The molecular weight excluding hydrogens is 1740 g/mol. The minimum absolute atomic E-state index is 0.0207. The molecule has 15 rings (SSSR count). The summed E-state index contributed by atoms with van der Waals surface area (Å²) in [5.74, 6) is 1.74. The normalized spacial score (nSPS) is 22.9. The summed E-state index contributed by atoms with van der Waals surface area (Å²) in [6.45, 7) is 16.7. The summed E-state index contributed by atoms with van der Waals surface area (Å²) in [7, 11) is 12.2. The number of likely N-dealkylation sites (N-methyl/N-ethyl adjacent to an activating group) is 1. The van der Waals surface area contributed by atoms with Crippen molar-refractivity contribution in [3.8, 4) is 6.07 Å². The number of rotatable bonds is 35. The first-order valence-electron chi connectivity index (χ1n) is 50.3. The van der Waals surface area contributed by atoms with Crippen LogP contribution in [0, 0.1) is 29.1 Å². The molecule has 23 nitrogen and oxygen atoms in total. The molecule has 2 unspecified atom stereocenters. The van der Waals surface area contributed by atoms with Crippen LogP contribution in [0.15, 0.2) is 159 Å². The van der Waals surface area contributed by atoms with Crippen LogP contribution in [0.4, 0.5) is 0 Å². The number of thiophene rings is 2. The maximum Gasteiger partial charge on any atom is 0.288 e. The lowest BCUT2D eigenvalue weighted by molar-refractivity contribution is -0.146. The predicted octanol–water partition coefficient (Wildman–Crippen LogP) is 18.3. The van der Waals surface area contributed by atoms with E-state index in [0.29, 0.717) is 144 Å². The van der Waals surface area contributed by atoms with Crippen LogP contribution in [-0.2, 0) is 62.2 Å². The Morgan fingerprint density at radius 1 is 0.500 bits per heavy atom. The van der Waals surface area contributed by atoms with Crippen LogP contribution >= 0.6 is 34.3 Å². The van der Waals surface area contributed by atoms with Crippen LogP contribution in [0.3, 0.4) is 0 Å². The third kappa shape index (κ3) is 28.7. The third-order valence-electron chi connectivity index (χ3n) is 28.9.